The SMILES string of the molecule is Cc1nc(-c2ccc(S(=O)(=O)Nc3c(C)cccc3C)cc2)co1. The van der Waals surface area contributed by atoms with Crippen LogP contribution in [0.2, 0.25) is 0 Å². The van der Waals surface area contributed by atoms with Crippen molar-refractivity contribution in [3.8, 4) is 11.3 Å². The minimum atomic E-state index is -3.65. The van der Waals surface area contributed by atoms with Crippen LogP contribution < -0.4 is 4.72 Å². The van der Waals surface area contributed by atoms with Crippen molar-refractivity contribution in [3.63, 3.8) is 0 Å². The summed E-state index contributed by atoms with van der Waals surface area (Å²) in [4.78, 5) is 4.43. The summed E-state index contributed by atoms with van der Waals surface area (Å²) >= 11 is 0. The molecule has 3 rings (SSSR count). The molecule has 0 amide bonds. The van der Waals surface area contributed by atoms with Gasteiger partial charge in [0.15, 0.2) is 5.89 Å². The lowest BCUT2D eigenvalue weighted by Gasteiger charge is -2.13. The number of benzene rings is 2. The highest BCUT2D eigenvalue weighted by Gasteiger charge is 2.17. The Morgan fingerprint density at radius 2 is 1.58 bits per heavy atom. The molecule has 0 bridgehead atoms. The second kappa shape index (κ2) is 6.13. The molecule has 5 nitrogen and oxygen atoms in total. The number of hydrogen-bond donors (Lipinski definition) is 1. The number of nitrogens with zero attached hydrogens (tertiary/aromatic N) is 1. The monoisotopic (exact) mass is 342 g/mol. The van der Waals surface area contributed by atoms with Crippen LogP contribution in [0.5, 0.6) is 0 Å². The zero-order valence-electron chi connectivity index (χ0n) is 13.7. The molecule has 0 aliphatic carbocycles. The third-order valence-corrected chi connectivity index (χ3v) is 5.16. The van der Waals surface area contributed by atoms with Gasteiger partial charge in [0.25, 0.3) is 10.0 Å². The van der Waals surface area contributed by atoms with E-state index in [0.717, 1.165) is 16.7 Å². The summed E-state index contributed by atoms with van der Waals surface area (Å²) < 4.78 is 33.1. The lowest BCUT2D eigenvalue weighted by atomic mass is 10.1. The number of aryl methyl sites for hydroxylation is 3. The Balaban J connectivity index is 1.90. The summed E-state index contributed by atoms with van der Waals surface area (Å²) in [5.74, 6) is 0.568. The van der Waals surface area contributed by atoms with Crippen LogP contribution >= 0.6 is 0 Å². The minimum Gasteiger partial charge on any atom is -0.449 e. The van der Waals surface area contributed by atoms with E-state index in [1.54, 1.807) is 37.5 Å². The molecule has 3 aromatic rings. The summed E-state index contributed by atoms with van der Waals surface area (Å²) in [6.07, 6.45) is 1.55. The molecule has 2 aromatic carbocycles. The van der Waals surface area contributed by atoms with E-state index in [1.165, 1.54) is 0 Å². The van der Waals surface area contributed by atoms with Gasteiger partial charge >= 0.3 is 0 Å². The summed E-state index contributed by atoms with van der Waals surface area (Å²) in [5.41, 5.74) is 3.87. The van der Waals surface area contributed by atoms with Gasteiger partial charge in [0.2, 0.25) is 0 Å². The number of oxazole rings is 1. The lowest BCUT2D eigenvalue weighted by Crippen LogP contribution is -2.14. The average Bonchev–Trinajstić information content (AvgIpc) is 2.98. The highest BCUT2D eigenvalue weighted by Crippen LogP contribution is 2.25. The fraction of sp³-hybridized carbons (Fsp3) is 0.167. The molecule has 0 radical (unpaired) electrons. The van der Waals surface area contributed by atoms with Gasteiger partial charge in [0.1, 0.15) is 12.0 Å². The van der Waals surface area contributed by atoms with E-state index >= 15 is 0 Å². The van der Waals surface area contributed by atoms with Crippen molar-refractivity contribution in [2.24, 2.45) is 0 Å². The van der Waals surface area contributed by atoms with E-state index < -0.39 is 10.0 Å². The molecule has 1 N–H and O–H groups in total. The predicted octanol–water partition coefficient (Wildman–Crippen LogP) is 4.07. The number of aromatic nitrogens is 1. The first kappa shape index (κ1) is 16.3. The Bertz CT molecular complexity index is 954. The Kier molecular flexibility index (Phi) is 4.15. The normalized spacial score (nSPS) is 11.5. The van der Waals surface area contributed by atoms with E-state index in [0.29, 0.717) is 17.3 Å². The van der Waals surface area contributed by atoms with Crippen LogP contribution in [0.4, 0.5) is 5.69 Å². The fourth-order valence-electron chi connectivity index (χ4n) is 2.47. The second-order valence-corrected chi connectivity index (χ2v) is 7.33. The number of para-hydroxylation sites is 1. The van der Waals surface area contributed by atoms with Crippen LogP contribution in [0.25, 0.3) is 11.3 Å². The molecule has 0 aliphatic heterocycles. The molecule has 0 fully saturated rings. The first-order valence-electron chi connectivity index (χ1n) is 7.48. The van der Waals surface area contributed by atoms with E-state index in [1.807, 2.05) is 32.0 Å². The van der Waals surface area contributed by atoms with Gasteiger partial charge in [-0.1, -0.05) is 30.3 Å². The van der Waals surface area contributed by atoms with Gasteiger partial charge in [-0.2, -0.15) is 0 Å². The van der Waals surface area contributed by atoms with Gasteiger partial charge in [-0.15, -0.1) is 0 Å². The third-order valence-electron chi connectivity index (χ3n) is 3.80. The molecule has 1 aromatic heterocycles. The van der Waals surface area contributed by atoms with E-state index in [9.17, 15) is 8.42 Å². The third kappa shape index (κ3) is 3.19. The highest BCUT2D eigenvalue weighted by molar-refractivity contribution is 7.92. The maximum Gasteiger partial charge on any atom is 0.261 e. The van der Waals surface area contributed by atoms with E-state index in [4.69, 9.17) is 4.42 Å². The van der Waals surface area contributed by atoms with Gasteiger partial charge in [-0.05, 0) is 37.1 Å². The molecular weight excluding hydrogens is 324 g/mol. The summed E-state index contributed by atoms with van der Waals surface area (Å²) in [6, 6.07) is 12.2. The first-order chi connectivity index (χ1) is 11.4. The van der Waals surface area contributed by atoms with Crippen molar-refractivity contribution in [3.05, 3.63) is 65.7 Å². The number of anilines is 1. The van der Waals surface area contributed by atoms with Crippen LogP contribution in [0, 0.1) is 20.8 Å². The van der Waals surface area contributed by atoms with Crippen LogP contribution in [-0.4, -0.2) is 13.4 Å². The van der Waals surface area contributed by atoms with Crippen LogP contribution in [0.3, 0.4) is 0 Å². The molecule has 0 saturated carbocycles. The molecule has 6 heteroatoms. The zero-order chi connectivity index (χ0) is 17.3. The molecule has 124 valence electrons. The molecular formula is C18H18N2O3S. The minimum absolute atomic E-state index is 0.203. The fourth-order valence-corrected chi connectivity index (χ4v) is 3.67. The largest absolute Gasteiger partial charge is 0.449 e. The van der Waals surface area contributed by atoms with Gasteiger partial charge < -0.3 is 4.42 Å². The van der Waals surface area contributed by atoms with Gasteiger partial charge in [0.05, 0.1) is 10.6 Å². The Morgan fingerprint density at radius 3 is 2.12 bits per heavy atom. The lowest BCUT2D eigenvalue weighted by molar-refractivity contribution is 0.521. The van der Waals surface area contributed by atoms with Crippen molar-refractivity contribution in [2.45, 2.75) is 25.7 Å². The van der Waals surface area contributed by atoms with Crippen molar-refractivity contribution in [1.82, 2.24) is 4.98 Å². The van der Waals surface area contributed by atoms with Crippen molar-refractivity contribution in [1.29, 1.82) is 0 Å². The molecule has 0 aliphatic rings. The standard InChI is InChI=1S/C18H18N2O3S/c1-12-5-4-6-13(2)18(12)20-24(21,22)16-9-7-15(8-10-16)17-11-23-14(3)19-17/h4-11,20H,1-3H3. The zero-order valence-corrected chi connectivity index (χ0v) is 14.5. The van der Waals surface area contributed by atoms with Crippen molar-refractivity contribution < 1.29 is 12.8 Å². The number of rotatable bonds is 4. The Hall–Kier alpha value is -2.60. The summed E-state index contributed by atoms with van der Waals surface area (Å²) in [5, 5.41) is 0. The molecule has 24 heavy (non-hydrogen) atoms. The van der Waals surface area contributed by atoms with Crippen LogP contribution in [0.15, 0.2) is 58.0 Å². The number of nitrogens with one attached hydrogen (secondary N) is 1. The van der Waals surface area contributed by atoms with Crippen LogP contribution in [-0.2, 0) is 10.0 Å². The second-order valence-electron chi connectivity index (χ2n) is 5.65. The van der Waals surface area contributed by atoms with Gasteiger partial charge in [-0.25, -0.2) is 13.4 Å². The Morgan fingerprint density at radius 1 is 0.958 bits per heavy atom. The van der Waals surface area contributed by atoms with Crippen molar-refractivity contribution >= 4 is 15.7 Å². The smallest absolute Gasteiger partial charge is 0.261 e. The molecule has 0 unspecified atom stereocenters. The molecule has 1 heterocycles. The highest BCUT2D eigenvalue weighted by atomic mass is 32.2. The maximum atomic E-state index is 12.6. The Labute approximate surface area is 141 Å². The average molecular weight is 342 g/mol. The maximum absolute atomic E-state index is 12.6. The van der Waals surface area contributed by atoms with E-state index in [-0.39, 0.29) is 4.90 Å². The topological polar surface area (TPSA) is 72.2 Å². The van der Waals surface area contributed by atoms with Gasteiger partial charge in [0, 0.05) is 12.5 Å². The van der Waals surface area contributed by atoms with E-state index in [2.05, 4.69) is 9.71 Å². The molecule has 0 spiro atoms. The molecule has 0 saturated heterocycles. The van der Waals surface area contributed by atoms with Gasteiger partial charge in [-0.3, -0.25) is 4.72 Å². The van der Waals surface area contributed by atoms with Crippen LogP contribution in [0.1, 0.15) is 17.0 Å². The molecule has 0 atom stereocenters. The summed E-state index contributed by atoms with van der Waals surface area (Å²) in [7, 11) is -3.65. The summed E-state index contributed by atoms with van der Waals surface area (Å²) in [6.45, 7) is 5.51. The number of sulfonamides is 1. The van der Waals surface area contributed by atoms with Crippen molar-refractivity contribution in [2.75, 3.05) is 4.72 Å². The first-order valence-corrected chi connectivity index (χ1v) is 8.97. The predicted molar refractivity (Wildman–Crippen MR) is 93.4 cm³/mol. The number of hydrogen-bond acceptors (Lipinski definition) is 4. The quantitative estimate of drug-likeness (QED) is 0.776.